The van der Waals surface area contributed by atoms with Gasteiger partial charge in [-0.2, -0.15) is 4.31 Å². The SMILES string of the molecule is CN(C)c1ccc2cc(S(=O)(=O)N3CCC(c4cc(F)cc5c4CN(C4CCC(=O)NC4=O)C5=O)CC3)ccc2c1. The number of sulfonamides is 1. The molecule has 0 bridgehead atoms. The van der Waals surface area contributed by atoms with E-state index >= 15 is 0 Å². The number of anilines is 1. The average Bonchev–Trinajstić information content (AvgIpc) is 3.27. The maximum atomic E-state index is 14.7. The lowest BCUT2D eigenvalue weighted by atomic mass is 9.86. The Bertz CT molecular complexity index is 1700. The largest absolute Gasteiger partial charge is 0.378 e. The van der Waals surface area contributed by atoms with Crippen molar-refractivity contribution in [1.29, 1.82) is 0 Å². The minimum absolute atomic E-state index is 0.138. The van der Waals surface area contributed by atoms with Gasteiger partial charge in [-0.05, 0) is 83.5 Å². The summed E-state index contributed by atoms with van der Waals surface area (Å²) in [5.41, 5.74) is 2.62. The molecule has 3 heterocycles. The van der Waals surface area contributed by atoms with E-state index < -0.39 is 33.7 Å². The normalized spacial score (nSPS) is 20.4. The molecule has 0 spiro atoms. The average molecular weight is 579 g/mol. The topological polar surface area (TPSA) is 107 Å². The summed E-state index contributed by atoms with van der Waals surface area (Å²) in [5, 5.41) is 4.08. The van der Waals surface area contributed by atoms with Gasteiger partial charge in [-0.3, -0.25) is 19.7 Å². The molecule has 214 valence electrons. The molecule has 2 saturated heterocycles. The van der Waals surface area contributed by atoms with Gasteiger partial charge in [-0.15, -0.1) is 0 Å². The monoisotopic (exact) mass is 578 g/mol. The number of piperidine rings is 2. The molecule has 0 radical (unpaired) electrons. The molecular formula is C30H31FN4O5S. The lowest BCUT2D eigenvalue weighted by Crippen LogP contribution is -2.52. The number of benzene rings is 3. The highest BCUT2D eigenvalue weighted by molar-refractivity contribution is 7.89. The zero-order valence-electron chi connectivity index (χ0n) is 22.9. The van der Waals surface area contributed by atoms with Gasteiger partial charge in [0.2, 0.25) is 21.8 Å². The van der Waals surface area contributed by atoms with Crippen molar-refractivity contribution < 1.29 is 27.2 Å². The van der Waals surface area contributed by atoms with Gasteiger partial charge < -0.3 is 9.80 Å². The van der Waals surface area contributed by atoms with Gasteiger partial charge in [0.1, 0.15) is 11.9 Å². The van der Waals surface area contributed by atoms with E-state index in [0.29, 0.717) is 24.0 Å². The second-order valence-electron chi connectivity index (χ2n) is 11.2. The summed E-state index contributed by atoms with van der Waals surface area (Å²) in [6.07, 6.45) is 1.31. The third-order valence-electron chi connectivity index (χ3n) is 8.50. The summed E-state index contributed by atoms with van der Waals surface area (Å²) in [6, 6.07) is 12.9. The van der Waals surface area contributed by atoms with E-state index in [1.807, 2.05) is 43.3 Å². The van der Waals surface area contributed by atoms with Crippen LogP contribution in [0.25, 0.3) is 10.8 Å². The first-order valence-corrected chi connectivity index (χ1v) is 15.1. The minimum Gasteiger partial charge on any atom is -0.378 e. The third kappa shape index (κ3) is 4.87. The molecule has 9 nitrogen and oxygen atoms in total. The van der Waals surface area contributed by atoms with Crippen molar-refractivity contribution in [1.82, 2.24) is 14.5 Å². The highest BCUT2D eigenvalue weighted by Gasteiger charge is 2.41. The first-order valence-electron chi connectivity index (χ1n) is 13.7. The zero-order chi connectivity index (χ0) is 29.1. The smallest absolute Gasteiger partial charge is 0.255 e. The number of rotatable bonds is 5. The van der Waals surface area contributed by atoms with Crippen LogP contribution in [-0.2, 0) is 26.2 Å². The molecule has 3 aromatic rings. The summed E-state index contributed by atoms with van der Waals surface area (Å²) in [6.45, 7) is 0.683. The van der Waals surface area contributed by atoms with Crippen molar-refractivity contribution >= 4 is 44.2 Å². The Hall–Kier alpha value is -3.83. The van der Waals surface area contributed by atoms with Crippen LogP contribution in [-0.4, -0.2) is 68.6 Å². The number of nitrogens with one attached hydrogen (secondary N) is 1. The first-order chi connectivity index (χ1) is 19.5. The van der Waals surface area contributed by atoms with Gasteiger partial charge in [-0.25, -0.2) is 12.8 Å². The molecular weight excluding hydrogens is 547 g/mol. The summed E-state index contributed by atoms with van der Waals surface area (Å²) in [7, 11) is 0.171. The van der Waals surface area contributed by atoms with Crippen molar-refractivity contribution in [3.63, 3.8) is 0 Å². The quantitative estimate of drug-likeness (QED) is 0.466. The maximum Gasteiger partial charge on any atom is 0.255 e. The van der Waals surface area contributed by atoms with Crippen LogP contribution in [0.5, 0.6) is 0 Å². The predicted octanol–water partition coefficient (Wildman–Crippen LogP) is 3.37. The number of nitrogens with zero attached hydrogens (tertiary/aromatic N) is 3. The van der Waals surface area contributed by atoms with Crippen molar-refractivity contribution in [2.75, 3.05) is 32.1 Å². The summed E-state index contributed by atoms with van der Waals surface area (Å²) >= 11 is 0. The Balaban J connectivity index is 1.20. The van der Waals surface area contributed by atoms with Crippen molar-refractivity contribution in [2.24, 2.45) is 0 Å². The molecule has 3 amide bonds. The number of hydrogen-bond donors (Lipinski definition) is 1. The number of carbonyl (C=O) groups is 3. The Morgan fingerprint density at radius 3 is 2.34 bits per heavy atom. The molecule has 1 N–H and O–H groups in total. The summed E-state index contributed by atoms with van der Waals surface area (Å²) in [5.74, 6) is -1.99. The molecule has 2 fully saturated rings. The van der Waals surface area contributed by atoms with E-state index in [9.17, 15) is 27.2 Å². The Labute approximate surface area is 238 Å². The maximum absolute atomic E-state index is 14.7. The number of amides is 3. The third-order valence-corrected chi connectivity index (χ3v) is 10.4. The highest BCUT2D eigenvalue weighted by atomic mass is 32.2. The van der Waals surface area contributed by atoms with Crippen LogP contribution in [0, 0.1) is 5.82 Å². The minimum atomic E-state index is -3.73. The van der Waals surface area contributed by atoms with E-state index in [2.05, 4.69) is 5.32 Å². The van der Waals surface area contributed by atoms with Crippen LogP contribution in [0.2, 0.25) is 0 Å². The second-order valence-corrected chi connectivity index (χ2v) is 13.1. The Kier molecular flexibility index (Phi) is 6.82. The number of imide groups is 1. The molecule has 3 aromatic carbocycles. The van der Waals surface area contributed by atoms with Crippen LogP contribution in [0.4, 0.5) is 10.1 Å². The molecule has 0 aliphatic carbocycles. The molecule has 1 unspecified atom stereocenters. The summed E-state index contributed by atoms with van der Waals surface area (Å²) < 4.78 is 43.3. The van der Waals surface area contributed by atoms with E-state index in [1.54, 1.807) is 12.1 Å². The van der Waals surface area contributed by atoms with Crippen LogP contribution in [0.3, 0.4) is 0 Å². The van der Waals surface area contributed by atoms with Crippen molar-refractivity contribution in [2.45, 2.75) is 49.1 Å². The van der Waals surface area contributed by atoms with E-state index in [0.717, 1.165) is 16.5 Å². The van der Waals surface area contributed by atoms with Gasteiger partial charge in [0.15, 0.2) is 0 Å². The fraction of sp³-hybridized carbons (Fsp3) is 0.367. The number of halogens is 1. The van der Waals surface area contributed by atoms with Gasteiger partial charge in [-0.1, -0.05) is 12.1 Å². The molecule has 1 atom stereocenters. The highest BCUT2D eigenvalue weighted by Crippen LogP contribution is 2.39. The predicted molar refractivity (Wildman–Crippen MR) is 151 cm³/mol. The molecule has 41 heavy (non-hydrogen) atoms. The van der Waals surface area contributed by atoms with E-state index in [-0.39, 0.29) is 54.8 Å². The van der Waals surface area contributed by atoms with E-state index in [4.69, 9.17) is 0 Å². The molecule has 0 saturated carbocycles. The van der Waals surface area contributed by atoms with Gasteiger partial charge in [0, 0.05) is 51.4 Å². The van der Waals surface area contributed by atoms with Crippen LogP contribution in [0.15, 0.2) is 53.4 Å². The fourth-order valence-corrected chi connectivity index (χ4v) is 7.73. The summed E-state index contributed by atoms with van der Waals surface area (Å²) in [4.78, 5) is 40.9. The molecule has 3 aliphatic rings. The fourth-order valence-electron chi connectivity index (χ4n) is 6.22. The van der Waals surface area contributed by atoms with E-state index in [1.165, 1.54) is 21.3 Å². The van der Waals surface area contributed by atoms with Crippen LogP contribution >= 0.6 is 0 Å². The standard InChI is InChI=1S/C30H31FN4O5S/c1-33(2)22-5-3-20-14-23(6-4-19(20)13-22)41(39,40)34-11-9-18(10-12-34)24-15-21(31)16-25-26(24)17-35(30(25)38)27-7-8-28(36)32-29(27)37/h3-6,13-16,18,27H,7-12,17H2,1-2H3,(H,32,36,37). The van der Waals surface area contributed by atoms with Gasteiger partial charge >= 0.3 is 0 Å². The van der Waals surface area contributed by atoms with Crippen LogP contribution in [0.1, 0.15) is 53.1 Å². The number of fused-ring (bicyclic) bond motifs is 2. The zero-order valence-corrected chi connectivity index (χ0v) is 23.7. The molecule has 11 heteroatoms. The van der Waals surface area contributed by atoms with Gasteiger partial charge in [0.05, 0.1) is 4.90 Å². The number of carbonyl (C=O) groups excluding carboxylic acids is 3. The van der Waals surface area contributed by atoms with Crippen molar-refractivity contribution in [3.05, 3.63) is 71.0 Å². The Morgan fingerprint density at radius 2 is 1.63 bits per heavy atom. The second kappa shape index (κ2) is 10.2. The molecule has 3 aliphatic heterocycles. The van der Waals surface area contributed by atoms with Gasteiger partial charge in [0.25, 0.3) is 5.91 Å². The Morgan fingerprint density at radius 1 is 0.927 bits per heavy atom. The molecule has 6 rings (SSSR count). The lowest BCUT2D eigenvalue weighted by molar-refractivity contribution is -0.136. The van der Waals surface area contributed by atoms with Crippen LogP contribution < -0.4 is 10.2 Å². The first kappa shape index (κ1) is 27.3. The lowest BCUT2D eigenvalue weighted by Gasteiger charge is -2.32. The number of hydrogen-bond acceptors (Lipinski definition) is 6. The van der Waals surface area contributed by atoms with Crippen molar-refractivity contribution in [3.8, 4) is 0 Å². The molecule has 0 aromatic heterocycles.